The zero-order valence-corrected chi connectivity index (χ0v) is 9.69. The number of carbonyl (C=O) groups is 2. The highest BCUT2D eigenvalue weighted by atomic mass is 16.5. The average Bonchev–Trinajstić information content (AvgIpc) is 2.77. The number of nitrogens with one attached hydrogen (secondary N) is 3. The van der Waals surface area contributed by atoms with Crippen molar-refractivity contribution in [3.63, 3.8) is 0 Å². The van der Waals surface area contributed by atoms with Gasteiger partial charge in [0.25, 0.3) is 0 Å². The molecule has 7 nitrogen and oxygen atoms in total. The van der Waals surface area contributed by atoms with Crippen LogP contribution in [-0.2, 0) is 9.53 Å². The van der Waals surface area contributed by atoms with Crippen molar-refractivity contribution in [3.8, 4) is 0 Å². The van der Waals surface area contributed by atoms with Crippen LogP contribution in [0.1, 0.15) is 0 Å². The van der Waals surface area contributed by atoms with Gasteiger partial charge in [-0.1, -0.05) is 12.1 Å². The van der Waals surface area contributed by atoms with Gasteiger partial charge in [-0.25, -0.2) is 9.78 Å². The maximum atomic E-state index is 11.5. The van der Waals surface area contributed by atoms with E-state index in [1.165, 1.54) is 7.11 Å². The van der Waals surface area contributed by atoms with Gasteiger partial charge >= 0.3 is 6.09 Å². The van der Waals surface area contributed by atoms with Crippen LogP contribution in [0.3, 0.4) is 0 Å². The predicted octanol–water partition coefficient (Wildman–Crippen LogP) is 0.857. The third kappa shape index (κ3) is 2.76. The number of amides is 2. The minimum atomic E-state index is -0.658. The maximum absolute atomic E-state index is 11.5. The van der Waals surface area contributed by atoms with E-state index in [1.807, 2.05) is 24.3 Å². The number of nitrogens with zero attached hydrogens (tertiary/aromatic N) is 1. The van der Waals surface area contributed by atoms with E-state index in [0.29, 0.717) is 5.95 Å². The molecule has 0 aliphatic carbocycles. The smallest absolute Gasteiger partial charge is 0.407 e. The number of hydrogen-bond acceptors (Lipinski definition) is 4. The molecule has 0 spiro atoms. The molecular formula is C11H12N4O3. The van der Waals surface area contributed by atoms with Gasteiger partial charge in [0.15, 0.2) is 0 Å². The summed E-state index contributed by atoms with van der Waals surface area (Å²) in [5.74, 6) is -0.0488. The molecule has 0 fully saturated rings. The summed E-state index contributed by atoms with van der Waals surface area (Å²) >= 11 is 0. The number of alkyl carbamates (subject to hydrolysis) is 1. The maximum Gasteiger partial charge on any atom is 0.407 e. The lowest BCUT2D eigenvalue weighted by Gasteiger charge is -2.03. The van der Waals surface area contributed by atoms with Crippen LogP contribution >= 0.6 is 0 Å². The van der Waals surface area contributed by atoms with Crippen LogP contribution in [0.4, 0.5) is 10.7 Å². The molecule has 0 bridgehead atoms. The molecular weight excluding hydrogens is 236 g/mol. The van der Waals surface area contributed by atoms with Crippen molar-refractivity contribution >= 4 is 29.0 Å². The Balaban J connectivity index is 1.96. The molecule has 1 aromatic carbocycles. The van der Waals surface area contributed by atoms with Crippen molar-refractivity contribution < 1.29 is 14.3 Å². The monoisotopic (exact) mass is 248 g/mol. The van der Waals surface area contributed by atoms with E-state index in [9.17, 15) is 9.59 Å². The van der Waals surface area contributed by atoms with Gasteiger partial charge in [0.1, 0.15) is 6.54 Å². The average molecular weight is 248 g/mol. The molecule has 2 rings (SSSR count). The summed E-state index contributed by atoms with van der Waals surface area (Å²) in [5, 5.41) is 4.81. The number of methoxy groups -OCH3 is 1. The van der Waals surface area contributed by atoms with E-state index in [0.717, 1.165) is 11.0 Å². The van der Waals surface area contributed by atoms with Gasteiger partial charge in [0.2, 0.25) is 11.9 Å². The van der Waals surface area contributed by atoms with Gasteiger partial charge in [-0.05, 0) is 12.1 Å². The molecule has 1 aromatic heterocycles. The predicted molar refractivity (Wildman–Crippen MR) is 65.1 cm³/mol. The van der Waals surface area contributed by atoms with Crippen molar-refractivity contribution in [1.82, 2.24) is 15.3 Å². The summed E-state index contributed by atoms with van der Waals surface area (Å²) in [6, 6.07) is 7.40. The number of ether oxygens (including phenoxy) is 1. The number of imidazole rings is 1. The highest BCUT2D eigenvalue weighted by molar-refractivity contribution is 5.93. The topological polar surface area (TPSA) is 96.1 Å². The fourth-order valence-electron chi connectivity index (χ4n) is 1.41. The summed E-state index contributed by atoms with van der Waals surface area (Å²) in [4.78, 5) is 29.4. The Morgan fingerprint density at radius 2 is 2.17 bits per heavy atom. The second-order valence-electron chi connectivity index (χ2n) is 3.50. The van der Waals surface area contributed by atoms with Gasteiger partial charge in [-0.2, -0.15) is 0 Å². The fraction of sp³-hybridized carbons (Fsp3) is 0.182. The number of aromatic nitrogens is 2. The first kappa shape index (κ1) is 11.9. The number of hydrogen-bond donors (Lipinski definition) is 3. The molecule has 0 unspecified atom stereocenters. The number of benzene rings is 1. The van der Waals surface area contributed by atoms with Gasteiger partial charge in [0, 0.05) is 0 Å². The molecule has 0 radical (unpaired) electrons. The van der Waals surface area contributed by atoms with E-state index in [1.54, 1.807) is 0 Å². The molecule has 0 saturated carbocycles. The summed E-state index contributed by atoms with van der Waals surface area (Å²) in [7, 11) is 1.23. The van der Waals surface area contributed by atoms with Crippen LogP contribution in [0.5, 0.6) is 0 Å². The molecule has 18 heavy (non-hydrogen) atoms. The zero-order chi connectivity index (χ0) is 13.0. The van der Waals surface area contributed by atoms with Crippen LogP contribution in [0.25, 0.3) is 11.0 Å². The normalized spacial score (nSPS) is 10.1. The quantitative estimate of drug-likeness (QED) is 0.750. The summed E-state index contributed by atoms with van der Waals surface area (Å²) in [6.45, 7) is -0.177. The third-order valence-electron chi connectivity index (χ3n) is 2.23. The van der Waals surface area contributed by atoms with Crippen LogP contribution in [0, 0.1) is 0 Å². The van der Waals surface area contributed by atoms with Crippen molar-refractivity contribution in [1.29, 1.82) is 0 Å². The number of rotatable bonds is 3. The number of para-hydroxylation sites is 2. The Morgan fingerprint density at radius 1 is 1.39 bits per heavy atom. The minimum Gasteiger partial charge on any atom is -0.453 e. The van der Waals surface area contributed by atoms with Crippen LogP contribution in [-0.4, -0.2) is 35.6 Å². The lowest BCUT2D eigenvalue weighted by molar-refractivity contribution is -0.115. The molecule has 1 heterocycles. The van der Waals surface area contributed by atoms with Crippen molar-refractivity contribution in [2.24, 2.45) is 0 Å². The molecule has 0 aliphatic rings. The molecule has 7 heteroatoms. The second kappa shape index (κ2) is 5.17. The van der Waals surface area contributed by atoms with E-state index in [-0.39, 0.29) is 12.5 Å². The van der Waals surface area contributed by atoms with Crippen molar-refractivity contribution in [3.05, 3.63) is 24.3 Å². The number of H-pyrrole nitrogens is 1. The second-order valence-corrected chi connectivity index (χ2v) is 3.50. The molecule has 94 valence electrons. The number of carbonyl (C=O) groups excluding carboxylic acids is 2. The lowest BCUT2D eigenvalue weighted by Crippen LogP contribution is -2.32. The third-order valence-corrected chi connectivity index (χ3v) is 2.23. The Hall–Kier alpha value is -2.57. The van der Waals surface area contributed by atoms with Crippen molar-refractivity contribution in [2.75, 3.05) is 19.0 Å². The Labute approximate surface area is 103 Å². The minimum absolute atomic E-state index is 0.177. The molecule has 3 N–H and O–H groups in total. The van der Waals surface area contributed by atoms with Gasteiger partial charge in [0.05, 0.1) is 18.1 Å². The van der Waals surface area contributed by atoms with E-state index >= 15 is 0 Å². The first-order valence-electron chi connectivity index (χ1n) is 5.25. The van der Waals surface area contributed by atoms with E-state index in [4.69, 9.17) is 0 Å². The number of aromatic amines is 1. The van der Waals surface area contributed by atoms with E-state index in [2.05, 4.69) is 25.3 Å². The molecule has 0 aliphatic heterocycles. The molecule has 0 saturated heterocycles. The zero-order valence-electron chi connectivity index (χ0n) is 9.69. The first-order valence-corrected chi connectivity index (χ1v) is 5.25. The highest BCUT2D eigenvalue weighted by Gasteiger charge is 2.08. The molecule has 2 aromatic rings. The Kier molecular flexibility index (Phi) is 3.42. The van der Waals surface area contributed by atoms with Crippen molar-refractivity contribution in [2.45, 2.75) is 0 Å². The Morgan fingerprint density at radius 3 is 2.89 bits per heavy atom. The fourth-order valence-corrected chi connectivity index (χ4v) is 1.41. The van der Waals surface area contributed by atoms with Gasteiger partial charge in [-0.3, -0.25) is 10.1 Å². The van der Waals surface area contributed by atoms with E-state index < -0.39 is 6.09 Å². The lowest BCUT2D eigenvalue weighted by atomic mass is 10.3. The molecule has 0 atom stereocenters. The number of fused-ring (bicyclic) bond motifs is 1. The highest BCUT2D eigenvalue weighted by Crippen LogP contribution is 2.12. The summed E-state index contributed by atoms with van der Waals surface area (Å²) in [5.41, 5.74) is 1.59. The summed E-state index contributed by atoms with van der Waals surface area (Å²) in [6.07, 6.45) is -0.658. The summed E-state index contributed by atoms with van der Waals surface area (Å²) < 4.78 is 4.35. The van der Waals surface area contributed by atoms with Gasteiger partial charge in [-0.15, -0.1) is 0 Å². The largest absolute Gasteiger partial charge is 0.453 e. The molecule has 2 amide bonds. The van der Waals surface area contributed by atoms with Gasteiger partial charge < -0.3 is 15.0 Å². The first-order chi connectivity index (χ1) is 8.69. The number of anilines is 1. The Bertz CT molecular complexity index is 545. The SMILES string of the molecule is COC(=O)NCC(=O)Nc1nc2ccccc2[nH]1. The van der Waals surface area contributed by atoms with Crippen LogP contribution < -0.4 is 10.6 Å². The van der Waals surface area contributed by atoms with Crippen LogP contribution in [0.15, 0.2) is 24.3 Å². The standard InChI is InChI=1S/C11H12N4O3/c1-18-11(17)12-6-9(16)15-10-13-7-4-2-3-5-8(7)14-10/h2-5H,6H2,1H3,(H,12,17)(H2,13,14,15,16). The van der Waals surface area contributed by atoms with Crippen LogP contribution in [0.2, 0.25) is 0 Å².